The fraction of sp³-hybridized carbons (Fsp3) is 0.588. The Bertz CT molecular complexity index is 462. The van der Waals surface area contributed by atoms with Gasteiger partial charge in [-0.25, -0.2) is 0 Å². The first kappa shape index (κ1) is 13.6. The van der Waals surface area contributed by atoms with E-state index >= 15 is 0 Å². The molecule has 3 nitrogen and oxygen atoms in total. The van der Waals surface area contributed by atoms with Crippen molar-refractivity contribution in [3.63, 3.8) is 0 Å². The Morgan fingerprint density at radius 1 is 1.15 bits per heavy atom. The van der Waals surface area contributed by atoms with Crippen LogP contribution in [0.4, 0.5) is 0 Å². The van der Waals surface area contributed by atoms with E-state index in [4.69, 9.17) is 5.73 Å². The van der Waals surface area contributed by atoms with E-state index in [0.29, 0.717) is 12.6 Å². The van der Waals surface area contributed by atoms with Crippen LogP contribution in [0.2, 0.25) is 0 Å². The zero-order chi connectivity index (χ0) is 13.9. The quantitative estimate of drug-likeness (QED) is 0.885. The van der Waals surface area contributed by atoms with Crippen molar-refractivity contribution in [1.29, 1.82) is 0 Å². The van der Waals surface area contributed by atoms with Crippen molar-refractivity contribution in [2.45, 2.75) is 51.1 Å². The number of nitrogens with two attached hydrogens (primary N) is 1. The standard InChI is InChI=1S/C17H24N2O/c18-11-12-6-8-14(9-7-12)17(20)19-16-10-15(16)13-4-2-1-3-5-13/h6-9,13,15-16H,1-5,10-11,18H2,(H,19,20). The Kier molecular flexibility index (Phi) is 4.06. The molecule has 1 aromatic carbocycles. The second-order valence-corrected chi connectivity index (χ2v) is 6.28. The summed E-state index contributed by atoms with van der Waals surface area (Å²) < 4.78 is 0. The fourth-order valence-corrected chi connectivity index (χ4v) is 3.51. The number of carbonyl (C=O) groups excluding carboxylic acids is 1. The van der Waals surface area contributed by atoms with Gasteiger partial charge in [0.25, 0.3) is 5.91 Å². The van der Waals surface area contributed by atoms with E-state index in [9.17, 15) is 4.79 Å². The van der Waals surface area contributed by atoms with E-state index in [-0.39, 0.29) is 5.91 Å². The minimum Gasteiger partial charge on any atom is -0.349 e. The summed E-state index contributed by atoms with van der Waals surface area (Å²) in [5.41, 5.74) is 7.38. The maximum Gasteiger partial charge on any atom is 0.251 e. The molecule has 2 aliphatic carbocycles. The highest BCUT2D eigenvalue weighted by Gasteiger charge is 2.43. The van der Waals surface area contributed by atoms with E-state index in [1.807, 2.05) is 24.3 Å². The van der Waals surface area contributed by atoms with Crippen LogP contribution in [0.25, 0.3) is 0 Å². The Morgan fingerprint density at radius 3 is 2.50 bits per heavy atom. The fourth-order valence-electron chi connectivity index (χ4n) is 3.51. The van der Waals surface area contributed by atoms with Gasteiger partial charge in [-0.05, 0) is 36.0 Å². The maximum atomic E-state index is 12.2. The molecule has 3 N–H and O–H groups in total. The Labute approximate surface area is 120 Å². The normalized spacial score (nSPS) is 26.2. The topological polar surface area (TPSA) is 55.1 Å². The zero-order valence-corrected chi connectivity index (χ0v) is 12.0. The third kappa shape index (κ3) is 3.04. The van der Waals surface area contributed by atoms with Crippen LogP contribution in [0.15, 0.2) is 24.3 Å². The van der Waals surface area contributed by atoms with Gasteiger partial charge in [0.05, 0.1) is 0 Å². The van der Waals surface area contributed by atoms with Crippen LogP contribution in [0.1, 0.15) is 54.4 Å². The average molecular weight is 272 g/mol. The third-order valence-corrected chi connectivity index (χ3v) is 4.86. The van der Waals surface area contributed by atoms with Crippen LogP contribution in [-0.2, 0) is 6.54 Å². The molecule has 2 atom stereocenters. The highest BCUT2D eigenvalue weighted by molar-refractivity contribution is 5.94. The minimum atomic E-state index is 0.0666. The zero-order valence-electron chi connectivity index (χ0n) is 12.0. The smallest absolute Gasteiger partial charge is 0.251 e. The van der Waals surface area contributed by atoms with Gasteiger partial charge in [-0.15, -0.1) is 0 Å². The van der Waals surface area contributed by atoms with Crippen LogP contribution >= 0.6 is 0 Å². The first-order valence-electron chi connectivity index (χ1n) is 7.88. The third-order valence-electron chi connectivity index (χ3n) is 4.86. The summed E-state index contributed by atoms with van der Waals surface area (Å²) in [6.07, 6.45) is 8.06. The molecule has 2 unspecified atom stereocenters. The molecule has 0 bridgehead atoms. The van der Waals surface area contributed by atoms with Gasteiger partial charge in [0.15, 0.2) is 0 Å². The molecule has 2 aliphatic rings. The van der Waals surface area contributed by atoms with Crippen LogP contribution in [0.5, 0.6) is 0 Å². The summed E-state index contributed by atoms with van der Waals surface area (Å²) in [4.78, 5) is 12.2. The van der Waals surface area contributed by atoms with Crippen molar-refractivity contribution < 1.29 is 4.79 Å². The van der Waals surface area contributed by atoms with Gasteiger partial charge in [0.1, 0.15) is 0 Å². The molecule has 2 fully saturated rings. The van der Waals surface area contributed by atoms with E-state index in [0.717, 1.165) is 23.0 Å². The van der Waals surface area contributed by atoms with Crippen LogP contribution in [0, 0.1) is 11.8 Å². The van der Waals surface area contributed by atoms with Crippen molar-refractivity contribution in [1.82, 2.24) is 5.32 Å². The molecule has 0 aromatic heterocycles. The number of amides is 1. The lowest BCUT2D eigenvalue weighted by molar-refractivity contribution is 0.0946. The molecule has 0 aliphatic heterocycles. The van der Waals surface area contributed by atoms with Crippen molar-refractivity contribution >= 4 is 5.91 Å². The summed E-state index contributed by atoms with van der Waals surface area (Å²) >= 11 is 0. The number of hydrogen-bond acceptors (Lipinski definition) is 2. The molecule has 20 heavy (non-hydrogen) atoms. The number of hydrogen-bond donors (Lipinski definition) is 2. The predicted octanol–water partition coefficient (Wildman–Crippen LogP) is 2.84. The molecule has 0 saturated heterocycles. The summed E-state index contributed by atoms with van der Waals surface area (Å²) in [6.45, 7) is 0.522. The van der Waals surface area contributed by atoms with Gasteiger partial charge in [-0.1, -0.05) is 44.2 Å². The van der Waals surface area contributed by atoms with Gasteiger partial charge >= 0.3 is 0 Å². The number of rotatable bonds is 4. The molecule has 2 saturated carbocycles. The monoisotopic (exact) mass is 272 g/mol. The van der Waals surface area contributed by atoms with Crippen LogP contribution < -0.4 is 11.1 Å². The molecule has 3 rings (SSSR count). The lowest BCUT2D eigenvalue weighted by atomic mass is 9.85. The van der Waals surface area contributed by atoms with E-state index < -0.39 is 0 Å². The first-order chi connectivity index (χ1) is 9.78. The SMILES string of the molecule is NCc1ccc(C(=O)NC2CC2C2CCCCC2)cc1. The minimum absolute atomic E-state index is 0.0666. The van der Waals surface area contributed by atoms with Gasteiger partial charge < -0.3 is 11.1 Å². The Balaban J connectivity index is 1.52. The van der Waals surface area contributed by atoms with Crippen molar-refractivity contribution in [2.75, 3.05) is 0 Å². The lowest BCUT2D eigenvalue weighted by Crippen LogP contribution is -2.28. The highest BCUT2D eigenvalue weighted by Crippen LogP contribution is 2.44. The van der Waals surface area contributed by atoms with Gasteiger partial charge in [-0.3, -0.25) is 4.79 Å². The second-order valence-electron chi connectivity index (χ2n) is 6.28. The number of benzene rings is 1. The number of carbonyl (C=O) groups is 1. The first-order valence-corrected chi connectivity index (χ1v) is 7.88. The number of nitrogens with one attached hydrogen (secondary N) is 1. The summed E-state index contributed by atoms with van der Waals surface area (Å²) in [6, 6.07) is 8.02. The second kappa shape index (κ2) is 5.96. The van der Waals surface area contributed by atoms with Crippen molar-refractivity contribution in [3.8, 4) is 0 Å². The van der Waals surface area contributed by atoms with E-state index in [1.54, 1.807) is 0 Å². The summed E-state index contributed by atoms with van der Waals surface area (Å²) in [7, 11) is 0. The van der Waals surface area contributed by atoms with E-state index in [1.165, 1.54) is 38.5 Å². The molecule has 0 spiro atoms. The molecular formula is C17H24N2O. The summed E-state index contributed by atoms with van der Waals surface area (Å²) in [5, 5.41) is 3.18. The maximum absolute atomic E-state index is 12.2. The molecule has 108 valence electrons. The van der Waals surface area contributed by atoms with Gasteiger partial charge in [-0.2, -0.15) is 0 Å². The molecule has 0 radical (unpaired) electrons. The lowest BCUT2D eigenvalue weighted by Gasteiger charge is -2.21. The largest absolute Gasteiger partial charge is 0.349 e. The van der Waals surface area contributed by atoms with E-state index in [2.05, 4.69) is 5.32 Å². The van der Waals surface area contributed by atoms with Crippen LogP contribution in [-0.4, -0.2) is 11.9 Å². The highest BCUT2D eigenvalue weighted by atomic mass is 16.1. The Morgan fingerprint density at radius 2 is 1.85 bits per heavy atom. The average Bonchev–Trinajstić information content (AvgIpc) is 3.27. The van der Waals surface area contributed by atoms with Crippen molar-refractivity contribution in [3.05, 3.63) is 35.4 Å². The predicted molar refractivity (Wildman–Crippen MR) is 80.3 cm³/mol. The Hall–Kier alpha value is -1.35. The molecule has 0 heterocycles. The molecule has 1 aromatic rings. The molecule has 1 amide bonds. The molecular weight excluding hydrogens is 248 g/mol. The van der Waals surface area contributed by atoms with Gasteiger partial charge in [0, 0.05) is 18.2 Å². The molecule has 3 heteroatoms. The van der Waals surface area contributed by atoms with Gasteiger partial charge in [0.2, 0.25) is 0 Å². The van der Waals surface area contributed by atoms with Crippen LogP contribution in [0.3, 0.4) is 0 Å². The summed E-state index contributed by atoms with van der Waals surface area (Å²) in [5.74, 6) is 1.66. The van der Waals surface area contributed by atoms with Crippen molar-refractivity contribution in [2.24, 2.45) is 17.6 Å².